The predicted molar refractivity (Wildman–Crippen MR) is 316 cm³/mol. The van der Waals surface area contributed by atoms with Gasteiger partial charge in [-0.2, -0.15) is 0 Å². The highest BCUT2D eigenvalue weighted by atomic mass is 16.3. The summed E-state index contributed by atoms with van der Waals surface area (Å²) in [6.45, 7) is 0. The van der Waals surface area contributed by atoms with Crippen molar-refractivity contribution in [3.05, 3.63) is 78.9 Å². The summed E-state index contributed by atoms with van der Waals surface area (Å²) in [4.78, 5) is 16.4. The summed E-state index contributed by atoms with van der Waals surface area (Å²) < 4.78 is 13.9. The number of hydrogen-bond acceptors (Lipinski definition) is 5. The molecule has 0 saturated heterocycles. The Kier molecular flexibility index (Phi) is 10.1. The van der Waals surface area contributed by atoms with Gasteiger partial charge in [0.05, 0.1) is 0 Å². The van der Waals surface area contributed by atoms with Crippen LogP contribution in [0.2, 0.25) is 0 Å². The minimum Gasteiger partial charge on any atom is -0.457 e. The Morgan fingerprint density at radius 2 is 0.625 bits per heavy atom. The number of aromatic nitrogens is 3. The molecule has 0 spiro atoms. The van der Waals surface area contributed by atoms with E-state index in [1.54, 1.807) is 0 Å². The number of fused-ring (bicyclic) bond motifs is 6. The normalized spacial score (nSPS) is 11.7. The van der Waals surface area contributed by atoms with E-state index in [0.29, 0.717) is 17.5 Å². The smallest absolute Gasteiger partial charge is 0.164 e. The summed E-state index contributed by atoms with van der Waals surface area (Å²) in [5, 5.41) is 4.57. The molecule has 0 aliphatic heterocycles. The first-order chi connectivity index (χ1) is 30.6. The molecule has 290 valence electrons. The summed E-state index contributed by atoms with van der Waals surface area (Å²) in [5.74, 6) is 1.86. The molecule has 5 nitrogen and oxygen atoms in total. The van der Waals surface area contributed by atoms with Gasteiger partial charge in [-0.1, -0.05) is 133 Å². The molecule has 64 heavy (non-hydrogen) atoms. The van der Waals surface area contributed by atoms with Crippen LogP contribution in [0.4, 0.5) is 0 Å². The molecular formula is C45H41B14N3O2. The van der Waals surface area contributed by atoms with Crippen LogP contribution < -0.4 is 76.5 Å². The van der Waals surface area contributed by atoms with Crippen LogP contribution in [0, 0.1) is 0 Å². The van der Waals surface area contributed by atoms with Gasteiger partial charge >= 0.3 is 0 Å². The summed E-state index contributed by atoms with van der Waals surface area (Å²) >= 11 is 0. The molecule has 0 atom stereocenters. The standard InChI is InChI=1S/C45H41B14N3O2/c46-25-21-22-27(48)32(53)35(56)38(59)42(22)64-40(21)30(51)24(29(25)50)45-61-43(16-11-9-15(10-12-16)18-8-4-7-17(13-18)14-5-2-1-3-6-14)60-44(62-45)23-19-20-26(47)31(52)34(55)37(58)41(20)63-39(19)36(57)33(54)28(23)49/h1-13H,46-59H2. The van der Waals surface area contributed by atoms with Crippen LogP contribution in [-0.2, 0) is 0 Å². The maximum Gasteiger partial charge on any atom is 0.164 e. The molecule has 10 rings (SSSR count). The number of nitrogens with zero attached hydrogens (tertiary/aromatic N) is 3. The molecule has 3 aromatic heterocycles. The molecule has 0 N–H and O–H groups in total. The zero-order valence-corrected chi connectivity index (χ0v) is 39.7. The predicted octanol–water partition coefficient (Wildman–Crippen LogP) is -12.4. The Labute approximate surface area is 387 Å². The van der Waals surface area contributed by atoms with Crippen molar-refractivity contribution in [2.45, 2.75) is 0 Å². The molecule has 19 heteroatoms. The van der Waals surface area contributed by atoms with Crippen LogP contribution in [-0.4, -0.2) is 125 Å². The first kappa shape index (κ1) is 42.0. The topological polar surface area (TPSA) is 65.0 Å². The van der Waals surface area contributed by atoms with Crippen LogP contribution in [0.5, 0.6) is 0 Å². The Bertz CT molecular complexity index is 3670. The van der Waals surface area contributed by atoms with Gasteiger partial charge in [0, 0.05) is 38.2 Å². The van der Waals surface area contributed by atoms with E-state index in [4.69, 9.17) is 23.8 Å². The third kappa shape index (κ3) is 6.16. The Hall–Kier alpha value is -5.94. The van der Waals surface area contributed by atoms with Gasteiger partial charge in [0.1, 0.15) is 132 Å². The number of furan rings is 2. The molecule has 0 radical (unpaired) electrons. The van der Waals surface area contributed by atoms with Crippen LogP contribution in [0.3, 0.4) is 0 Å². The van der Waals surface area contributed by atoms with Crippen molar-refractivity contribution in [2.24, 2.45) is 0 Å². The van der Waals surface area contributed by atoms with E-state index in [1.165, 1.54) is 71.1 Å². The lowest BCUT2D eigenvalue weighted by atomic mass is 9.64. The molecular weight excluding hydrogens is 766 g/mol. The second-order valence-electron chi connectivity index (χ2n) is 18.4. The molecule has 7 aromatic carbocycles. The van der Waals surface area contributed by atoms with Gasteiger partial charge in [-0.3, -0.25) is 0 Å². The lowest BCUT2D eigenvalue weighted by molar-refractivity contribution is 0.674. The minimum atomic E-state index is 0.613. The quantitative estimate of drug-likeness (QED) is 0.162. The van der Waals surface area contributed by atoms with E-state index in [0.717, 1.165) is 88.2 Å². The fraction of sp³-hybridized carbons (Fsp3) is 0. The van der Waals surface area contributed by atoms with Crippen LogP contribution >= 0.6 is 0 Å². The van der Waals surface area contributed by atoms with Gasteiger partial charge in [-0.25, -0.2) is 15.0 Å². The zero-order chi connectivity index (χ0) is 45.2. The lowest BCUT2D eigenvalue weighted by Gasteiger charge is -2.18. The van der Waals surface area contributed by atoms with Gasteiger partial charge < -0.3 is 8.83 Å². The molecule has 3 heterocycles. The second kappa shape index (κ2) is 15.4. The molecule has 0 unspecified atom stereocenters. The van der Waals surface area contributed by atoms with Crippen molar-refractivity contribution in [1.29, 1.82) is 0 Å². The van der Waals surface area contributed by atoms with E-state index in [2.05, 4.69) is 189 Å². The first-order valence-electron chi connectivity index (χ1n) is 22.5. The largest absolute Gasteiger partial charge is 0.457 e. The van der Waals surface area contributed by atoms with E-state index in [9.17, 15) is 0 Å². The zero-order valence-electron chi connectivity index (χ0n) is 39.7. The summed E-state index contributed by atoms with van der Waals surface area (Å²) in [6, 6.07) is 27.9. The van der Waals surface area contributed by atoms with Crippen molar-refractivity contribution < 1.29 is 8.83 Å². The van der Waals surface area contributed by atoms with Crippen molar-refractivity contribution in [2.75, 3.05) is 0 Å². The molecule has 0 saturated carbocycles. The SMILES string of the molecule is Bc1c(B)c(B)c2c(oc3c(B)c(-c4nc(-c5ccc(-c6cccc(-c7ccccc7)c6)cc5)nc(-c5c(B)c(B)c(B)c6oc7c(B)c(B)c(B)c(B)c7c56)n4)c(B)c(B)c32)c1B. The third-order valence-electron chi connectivity index (χ3n) is 15.3. The molecule has 0 fully saturated rings. The number of rotatable bonds is 5. The summed E-state index contributed by atoms with van der Waals surface area (Å²) in [5.41, 5.74) is 27.9. The highest BCUT2D eigenvalue weighted by Crippen LogP contribution is 2.34. The van der Waals surface area contributed by atoms with E-state index in [1.807, 2.05) is 0 Å². The highest BCUT2D eigenvalue weighted by molar-refractivity contribution is 6.70. The second-order valence-corrected chi connectivity index (χ2v) is 18.4. The Morgan fingerprint density at radius 3 is 1.17 bits per heavy atom. The molecule has 0 amide bonds. The maximum absolute atomic E-state index is 6.96. The van der Waals surface area contributed by atoms with E-state index < -0.39 is 0 Å². The van der Waals surface area contributed by atoms with Gasteiger partial charge in [0.2, 0.25) is 0 Å². The summed E-state index contributed by atoms with van der Waals surface area (Å²) in [6.07, 6.45) is 0. The monoisotopic (exact) mass is 809 g/mol. The lowest BCUT2D eigenvalue weighted by Crippen LogP contribution is -2.47. The van der Waals surface area contributed by atoms with Crippen molar-refractivity contribution in [1.82, 2.24) is 15.0 Å². The maximum atomic E-state index is 6.96. The van der Waals surface area contributed by atoms with Gasteiger partial charge in [0.15, 0.2) is 17.5 Å². The first-order valence-corrected chi connectivity index (χ1v) is 22.5. The average Bonchev–Trinajstić information content (AvgIpc) is 3.92. The fourth-order valence-electron chi connectivity index (χ4n) is 10.3. The van der Waals surface area contributed by atoms with Crippen LogP contribution in [0.15, 0.2) is 87.7 Å². The average molecular weight is 807 g/mol. The Morgan fingerprint density at radius 1 is 0.266 bits per heavy atom. The minimum absolute atomic E-state index is 0.613. The molecule has 10 aromatic rings. The van der Waals surface area contributed by atoms with Crippen LogP contribution in [0.1, 0.15) is 0 Å². The molecule has 0 bridgehead atoms. The Balaban J connectivity index is 1.26. The molecule has 0 aliphatic carbocycles. The van der Waals surface area contributed by atoms with Gasteiger partial charge in [-0.05, 0) is 33.8 Å². The van der Waals surface area contributed by atoms with Crippen LogP contribution in [0.25, 0.3) is 100 Å². The highest BCUT2D eigenvalue weighted by Gasteiger charge is 2.28. The molecule has 0 aliphatic rings. The van der Waals surface area contributed by atoms with Crippen molar-refractivity contribution in [3.8, 4) is 56.4 Å². The number of benzene rings is 7. The summed E-state index contributed by atoms with van der Waals surface area (Å²) in [7, 11) is 30.8. The fourth-order valence-corrected chi connectivity index (χ4v) is 10.3. The van der Waals surface area contributed by atoms with Crippen molar-refractivity contribution in [3.63, 3.8) is 0 Å². The van der Waals surface area contributed by atoms with E-state index in [-0.39, 0.29) is 0 Å². The third-order valence-corrected chi connectivity index (χ3v) is 15.3. The number of hydrogen-bond donors (Lipinski definition) is 0. The van der Waals surface area contributed by atoms with E-state index >= 15 is 0 Å². The van der Waals surface area contributed by atoms with Crippen molar-refractivity contribution >= 4 is 230 Å². The van der Waals surface area contributed by atoms with Gasteiger partial charge in [-0.15, -0.1) is 10.9 Å². The van der Waals surface area contributed by atoms with Gasteiger partial charge in [0.25, 0.3) is 0 Å².